The summed E-state index contributed by atoms with van der Waals surface area (Å²) in [6, 6.07) is 2.33. The molecule has 1 atom stereocenters. The number of hydrogen-bond acceptors (Lipinski definition) is 5. The summed E-state index contributed by atoms with van der Waals surface area (Å²) >= 11 is 0. The zero-order chi connectivity index (χ0) is 12.5. The molecule has 1 aliphatic heterocycles. The molecule has 0 bridgehead atoms. The van der Waals surface area contributed by atoms with E-state index in [0.29, 0.717) is 11.9 Å². The van der Waals surface area contributed by atoms with E-state index in [1.54, 1.807) is 0 Å². The van der Waals surface area contributed by atoms with Gasteiger partial charge in [-0.25, -0.2) is 9.97 Å². The number of nitrogens with zero attached hydrogens (tertiary/aromatic N) is 3. The fourth-order valence-corrected chi connectivity index (χ4v) is 2.43. The lowest BCUT2D eigenvalue weighted by Gasteiger charge is -2.10. The van der Waals surface area contributed by atoms with Gasteiger partial charge in [0.1, 0.15) is 5.76 Å². The Kier molecular flexibility index (Phi) is 2.83. The first-order valence-electron chi connectivity index (χ1n) is 6.25. The molecule has 5 nitrogen and oxygen atoms in total. The highest BCUT2D eigenvalue weighted by Gasteiger charge is 2.20. The molecule has 1 saturated heterocycles. The third kappa shape index (κ3) is 1.90. The lowest BCUT2D eigenvalue weighted by molar-refractivity contribution is 0.393. The average Bonchev–Trinajstić information content (AvgIpc) is 3.00. The molecule has 0 radical (unpaired) electrons. The van der Waals surface area contributed by atoms with Crippen molar-refractivity contribution < 1.29 is 4.52 Å². The number of hydrogen-bond donors (Lipinski definition) is 1. The van der Waals surface area contributed by atoms with Gasteiger partial charge in [0.15, 0.2) is 5.82 Å². The highest BCUT2D eigenvalue weighted by atomic mass is 16.5. The van der Waals surface area contributed by atoms with Crippen molar-refractivity contribution in [3.05, 3.63) is 29.4 Å². The molecule has 1 fully saturated rings. The van der Waals surface area contributed by atoms with Gasteiger partial charge in [-0.15, -0.1) is 0 Å². The molecule has 2 aromatic heterocycles. The molecule has 18 heavy (non-hydrogen) atoms. The van der Waals surface area contributed by atoms with Gasteiger partial charge in [-0.1, -0.05) is 5.16 Å². The van der Waals surface area contributed by atoms with Crippen LogP contribution in [0, 0.1) is 13.8 Å². The molecule has 0 spiro atoms. The fraction of sp³-hybridized carbons (Fsp3) is 0.462. The second kappa shape index (κ2) is 4.49. The Hall–Kier alpha value is -1.75. The van der Waals surface area contributed by atoms with E-state index in [2.05, 4.69) is 20.4 Å². The third-order valence-corrected chi connectivity index (χ3v) is 3.35. The van der Waals surface area contributed by atoms with Crippen molar-refractivity contribution in [1.29, 1.82) is 0 Å². The van der Waals surface area contributed by atoms with Gasteiger partial charge < -0.3 is 9.84 Å². The highest BCUT2D eigenvalue weighted by molar-refractivity contribution is 5.59. The normalized spacial score (nSPS) is 19.3. The van der Waals surface area contributed by atoms with Gasteiger partial charge in [0, 0.05) is 12.2 Å². The van der Waals surface area contributed by atoms with Crippen LogP contribution in [0.4, 0.5) is 0 Å². The van der Waals surface area contributed by atoms with Crippen LogP contribution in [0.2, 0.25) is 0 Å². The molecule has 0 aromatic carbocycles. The summed E-state index contributed by atoms with van der Waals surface area (Å²) in [4.78, 5) is 8.98. The van der Waals surface area contributed by atoms with Gasteiger partial charge in [-0.3, -0.25) is 0 Å². The molecule has 1 N–H and O–H groups in total. The minimum atomic E-state index is 0.354. The number of rotatable bonds is 2. The van der Waals surface area contributed by atoms with E-state index in [1.165, 1.54) is 6.42 Å². The topological polar surface area (TPSA) is 63.8 Å². The summed E-state index contributed by atoms with van der Waals surface area (Å²) in [6.45, 7) is 4.87. The van der Waals surface area contributed by atoms with Gasteiger partial charge in [0.05, 0.1) is 17.0 Å². The Bertz CT molecular complexity index is 538. The van der Waals surface area contributed by atoms with Crippen molar-refractivity contribution in [3.63, 3.8) is 0 Å². The van der Waals surface area contributed by atoms with Crippen molar-refractivity contribution in [2.24, 2.45) is 0 Å². The summed E-state index contributed by atoms with van der Waals surface area (Å²) in [5, 5.41) is 7.39. The first kappa shape index (κ1) is 11.3. The van der Waals surface area contributed by atoms with Crippen molar-refractivity contribution >= 4 is 0 Å². The monoisotopic (exact) mass is 244 g/mol. The molecule has 5 heteroatoms. The van der Waals surface area contributed by atoms with E-state index < -0.39 is 0 Å². The van der Waals surface area contributed by atoms with Crippen molar-refractivity contribution in [3.8, 4) is 11.4 Å². The Balaban J connectivity index is 2.00. The van der Waals surface area contributed by atoms with Gasteiger partial charge in [0.2, 0.25) is 0 Å². The Morgan fingerprint density at radius 1 is 1.39 bits per heavy atom. The van der Waals surface area contributed by atoms with Crippen LogP contribution in [-0.2, 0) is 0 Å². The molecule has 94 valence electrons. The first-order valence-corrected chi connectivity index (χ1v) is 6.25. The maximum atomic E-state index is 5.17. The van der Waals surface area contributed by atoms with E-state index in [9.17, 15) is 0 Å². The van der Waals surface area contributed by atoms with Gasteiger partial charge >= 0.3 is 0 Å². The first-order chi connectivity index (χ1) is 8.75. The standard InChI is InChI=1S/C13H16N4O/c1-8-12(9(2)18-17-8)13-15-7-5-11(16-13)10-4-3-6-14-10/h5,7,10,14H,3-4,6H2,1-2H3/t10-/m1/s1. The lowest BCUT2D eigenvalue weighted by atomic mass is 10.1. The van der Waals surface area contributed by atoms with Gasteiger partial charge in [0.25, 0.3) is 0 Å². The highest BCUT2D eigenvalue weighted by Crippen LogP contribution is 2.26. The van der Waals surface area contributed by atoms with Crippen LogP contribution >= 0.6 is 0 Å². The van der Waals surface area contributed by atoms with Crippen LogP contribution in [0.3, 0.4) is 0 Å². The van der Waals surface area contributed by atoms with Crippen molar-refractivity contribution in [2.75, 3.05) is 6.54 Å². The molecule has 0 saturated carbocycles. The van der Waals surface area contributed by atoms with E-state index >= 15 is 0 Å². The van der Waals surface area contributed by atoms with Crippen LogP contribution in [0.5, 0.6) is 0 Å². The molecule has 1 aliphatic rings. The summed E-state index contributed by atoms with van der Waals surface area (Å²) < 4.78 is 5.17. The summed E-state index contributed by atoms with van der Waals surface area (Å²) in [6.07, 6.45) is 4.15. The maximum Gasteiger partial charge on any atom is 0.164 e. The predicted molar refractivity (Wildman–Crippen MR) is 67.0 cm³/mol. The number of aromatic nitrogens is 3. The predicted octanol–water partition coefficient (Wildman–Crippen LogP) is 2.17. The number of nitrogens with one attached hydrogen (secondary N) is 1. The number of aryl methyl sites for hydroxylation is 2. The molecule has 2 aromatic rings. The zero-order valence-electron chi connectivity index (χ0n) is 10.6. The van der Waals surface area contributed by atoms with Crippen LogP contribution in [0.15, 0.2) is 16.8 Å². The minimum absolute atomic E-state index is 0.354. The van der Waals surface area contributed by atoms with Crippen LogP contribution < -0.4 is 5.32 Å². The van der Waals surface area contributed by atoms with Gasteiger partial charge in [-0.2, -0.15) is 0 Å². The van der Waals surface area contributed by atoms with Crippen LogP contribution in [0.1, 0.15) is 36.0 Å². The third-order valence-electron chi connectivity index (χ3n) is 3.35. The Labute approximate surface area is 106 Å². The van der Waals surface area contributed by atoms with Crippen molar-refractivity contribution in [2.45, 2.75) is 32.7 Å². The average molecular weight is 244 g/mol. The van der Waals surface area contributed by atoms with E-state index in [1.807, 2.05) is 26.1 Å². The minimum Gasteiger partial charge on any atom is -0.361 e. The van der Waals surface area contributed by atoms with E-state index in [-0.39, 0.29) is 0 Å². The molecular formula is C13H16N4O. The van der Waals surface area contributed by atoms with E-state index in [0.717, 1.165) is 35.7 Å². The summed E-state index contributed by atoms with van der Waals surface area (Å²) in [5.41, 5.74) is 2.80. The fourth-order valence-electron chi connectivity index (χ4n) is 2.43. The van der Waals surface area contributed by atoms with E-state index in [4.69, 9.17) is 4.52 Å². The maximum absolute atomic E-state index is 5.17. The molecule has 3 heterocycles. The summed E-state index contributed by atoms with van der Waals surface area (Å²) in [7, 11) is 0. The van der Waals surface area contributed by atoms with Crippen LogP contribution in [0.25, 0.3) is 11.4 Å². The lowest BCUT2D eigenvalue weighted by Crippen LogP contribution is -2.14. The second-order valence-corrected chi connectivity index (χ2v) is 4.65. The quantitative estimate of drug-likeness (QED) is 0.877. The SMILES string of the molecule is Cc1noc(C)c1-c1nccc([C@H]2CCCN2)n1. The second-order valence-electron chi connectivity index (χ2n) is 4.65. The van der Waals surface area contributed by atoms with Gasteiger partial charge in [-0.05, 0) is 39.3 Å². The molecule has 3 rings (SSSR count). The van der Waals surface area contributed by atoms with Crippen LogP contribution in [-0.4, -0.2) is 21.7 Å². The zero-order valence-corrected chi connectivity index (χ0v) is 10.6. The molecular weight excluding hydrogens is 228 g/mol. The summed E-state index contributed by atoms with van der Waals surface area (Å²) in [5.74, 6) is 1.47. The largest absolute Gasteiger partial charge is 0.361 e. The van der Waals surface area contributed by atoms with Crippen molar-refractivity contribution in [1.82, 2.24) is 20.4 Å². The molecule has 0 amide bonds. The molecule has 0 unspecified atom stereocenters. The molecule has 0 aliphatic carbocycles. The smallest absolute Gasteiger partial charge is 0.164 e. The Morgan fingerprint density at radius 3 is 2.94 bits per heavy atom. The Morgan fingerprint density at radius 2 is 2.28 bits per heavy atom.